The minimum atomic E-state index is -0.332. The number of likely N-dealkylation sites (tertiary alicyclic amines) is 1. The number of carbonyl (C=O) groups is 2. The Kier molecular flexibility index (Phi) is 6.11. The fourth-order valence-electron chi connectivity index (χ4n) is 3.40. The SMILES string of the molecule is CCCn1ccnc1CNC(=O)[C@H]1CC(=O)N(Cc2ccccc2OC)C1. The summed E-state index contributed by atoms with van der Waals surface area (Å²) in [7, 11) is 1.61. The zero-order chi connectivity index (χ0) is 19.2. The van der Waals surface area contributed by atoms with Crippen LogP contribution in [0.3, 0.4) is 0 Å². The van der Waals surface area contributed by atoms with E-state index in [1.54, 1.807) is 18.2 Å². The Balaban J connectivity index is 1.56. The van der Waals surface area contributed by atoms with Crippen LogP contribution in [0, 0.1) is 5.92 Å². The van der Waals surface area contributed by atoms with Gasteiger partial charge in [-0.2, -0.15) is 0 Å². The average Bonchev–Trinajstić information content (AvgIpc) is 3.27. The minimum absolute atomic E-state index is 0.00598. The van der Waals surface area contributed by atoms with Crippen molar-refractivity contribution in [2.24, 2.45) is 5.92 Å². The van der Waals surface area contributed by atoms with Gasteiger partial charge < -0.3 is 19.5 Å². The van der Waals surface area contributed by atoms with Crippen LogP contribution >= 0.6 is 0 Å². The number of rotatable bonds is 8. The van der Waals surface area contributed by atoms with Gasteiger partial charge in [-0.05, 0) is 12.5 Å². The highest BCUT2D eigenvalue weighted by molar-refractivity contribution is 5.89. The van der Waals surface area contributed by atoms with Crippen molar-refractivity contribution in [3.8, 4) is 5.75 Å². The molecule has 0 aliphatic carbocycles. The van der Waals surface area contributed by atoms with E-state index in [1.807, 2.05) is 35.0 Å². The van der Waals surface area contributed by atoms with E-state index in [1.165, 1.54) is 0 Å². The smallest absolute Gasteiger partial charge is 0.225 e. The highest BCUT2D eigenvalue weighted by Gasteiger charge is 2.34. The molecule has 1 aliphatic heterocycles. The second kappa shape index (κ2) is 8.70. The normalized spacial score (nSPS) is 16.6. The zero-order valence-electron chi connectivity index (χ0n) is 15.9. The van der Waals surface area contributed by atoms with Crippen molar-refractivity contribution in [3.05, 3.63) is 48.0 Å². The van der Waals surface area contributed by atoms with E-state index < -0.39 is 0 Å². The summed E-state index contributed by atoms with van der Waals surface area (Å²) in [5.74, 6) is 1.15. The number of methoxy groups -OCH3 is 1. The molecule has 7 nitrogen and oxygen atoms in total. The molecular formula is C20H26N4O3. The number of aryl methyl sites for hydroxylation is 1. The molecular weight excluding hydrogens is 344 g/mol. The molecule has 0 spiro atoms. The molecule has 0 radical (unpaired) electrons. The summed E-state index contributed by atoms with van der Waals surface area (Å²) in [4.78, 5) is 30.9. The average molecular weight is 370 g/mol. The molecule has 1 fully saturated rings. The van der Waals surface area contributed by atoms with Gasteiger partial charge in [-0.15, -0.1) is 0 Å². The number of hydrogen-bond donors (Lipinski definition) is 1. The van der Waals surface area contributed by atoms with E-state index in [4.69, 9.17) is 4.74 Å². The highest BCUT2D eigenvalue weighted by atomic mass is 16.5. The summed E-state index contributed by atoms with van der Waals surface area (Å²) in [5.41, 5.74) is 0.941. The van der Waals surface area contributed by atoms with Gasteiger partial charge in [-0.1, -0.05) is 25.1 Å². The van der Waals surface area contributed by atoms with Gasteiger partial charge in [0.05, 0.1) is 19.6 Å². The molecule has 0 bridgehead atoms. The molecule has 2 aromatic rings. The Hall–Kier alpha value is -2.83. The number of imidazole rings is 1. The molecule has 0 saturated carbocycles. The highest BCUT2D eigenvalue weighted by Crippen LogP contribution is 2.24. The van der Waals surface area contributed by atoms with Crippen LogP contribution in [0.4, 0.5) is 0 Å². The van der Waals surface area contributed by atoms with Crippen molar-refractivity contribution >= 4 is 11.8 Å². The van der Waals surface area contributed by atoms with Gasteiger partial charge in [0, 0.05) is 44.0 Å². The predicted molar refractivity (Wildman–Crippen MR) is 101 cm³/mol. The molecule has 3 rings (SSSR count). The van der Waals surface area contributed by atoms with Crippen LogP contribution in [-0.4, -0.2) is 39.9 Å². The summed E-state index contributed by atoms with van der Waals surface area (Å²) in [5, 5.41) is 2.93. The Morgan fingerprint density at radius 3 is 2.96 bits per heavy atom. The number of nitrogens with one attached hydrogen (secondary N) is 1. The summed E-state index contributed by atoms with van der Waals surface area (Å²) < 4.78 is 7.39. The lowest BCUT2D eigenvalue weighted by Crippen LogP contribution is -2.33. The molecule has 27 heavy (non-hydrogen) atoms. The Morgan fingerprint density at radius 2 is 2.19 bits per heavy atom. The van der Waals surface area contributed by atoms with E-state index in [0.717, 1.165) is 30.1 Å². The summed E-state index contributed by atoms with van der Waals surface area (Å²) in [6, 6.07) is 7.62. The third kappa shape index (κ3) is 4.48. The molecule has 1 aromatic heterocycles. The third-order valence-electron chi connectivity index (χ3n) is 4.83. The third-order valence-corrected chi connectivity index (χ3v) is 4.83. The van der Waals surface area contributed by atoms with Crippen molar-refractivity contribution in [2.45, 2.75) is 39.4 Å². The van der Waals surface area contributed by atoms with E-state index in [-0.39, 0.29) is 24.2 Å². The maximum absolute atomic E-state index is 12.5. The van der Waals surface area contributed by atoms with Gasteiger partial charge in [0.2, 0.25) is 11.8 Å². The predicted octanol–water partition coefficient (Wildman–Crippen LogP) is 1.97. The fraction of sp³-hybridized carbons (Fsp3) is 0.450. The zero-order valence-corrected chi connectivity index (χ0v) is 15.9. The Morgan fingerprint density at radius 1 is 1.37 bits per heavy atom. The molecule has 2 amide bonds. The lowest BCUT2D eigenvalue weighted by Gasteiger charge is -2.18. The molecule has 1 saturated heterocycles. The number of hydrogen-bond acceptors (Lipinski definition) is 4. The number of aromatic nitrogens is 2. The lowest BCUT2D eigenvalue weighted by molar-refractivity contribution is -0.129. The van der Waals surface area contributed by atoms with Crippen LogP contribution in [0.25, 0.3) is 0 Å². The van der Waals surface area contributed by atoms with Crippen molar-refractivity contribution in [1.29, 1.82) is 0 Å². The molecule has 1 aliphatic rings. The molecule has 7 heteroatoms. The van der Waals surface area contributed by atoms with Gasteiger partial charge >= 0.3 is 0 Å². The first kappa shape index (κ1) is 18.9. The summed E-state index contributed by atoms with van der Waals surface area (Å²) in [6.07, 6.45) is 4.90. The number of para-hydroxylation sites is 1. The number of ether oxygens (including phenoxy) is 1. The summed E-state index contributed by atoms with van der Waals surface area (Å²) >= 11 is 0. The summed E-state index contributed by atoms with van der Waals surface area (Å²) in [6.45, 7) is 4.23. The van der Waals surface area contributed by atoms with Crippen molar-refractivity contribution < 1.29 is 14.3 Å². The van der Waals surface area contributed by atoms with Crippen molar-refractivity contribution in [2.75, 3.05) is 13.7 Å². The van der Waals surface area contributed by atoms with Crippen LogP contribution in [-0.2, 0) is 29.2 Å². The van der Waals surface area contributed by atoms with E-state index >= 15 is 0 Å². The van der Waals surface area contributed by atoms with E-state index in [9.17, 15) is 9.59 Å². The first-order valence-electron chi connectivity index (χ1n) is 9.29. The van der Waals surface area contributed by atoms with Crippen LogP contribution in [0.1, 0.15) is 31.2 Å². The molecule has 0 unspecified atom stereocenters. The van der Waals surface area contributed by atoms with E-state index in [2.05, 4.69) is 17.2 Å². The standard InChI is InChI=1S/C20H26N4O3/c1-3-9-23-10-8-21-18(23)12-22-20(26)16-11-19(25)24(14-16)13-15-6-4-5-7-17(15)27-2/h4-8,10,16H,3,9,11-14H2,1-2H3,(H,22,26)/t16-/m0/s1. The Bertz CT molecular complexity index is 802. The van der Waals surface area contributed by atoms with Gasteiger partial charge in [0.15, 0.2) is 0 Å². The van der Waals surface area contributed by atoms with Crippen LogP contribution in [0.2, 0.25) is 0 Å². The second-order valence-corrected chi connectivity index (χ2v) is 6.74. The topological polar surface area (TPSA) is 76.5 Å². The molecule has 144 valence electrons. The van der Waals surface area contributed by atoms with E-state index in [0.29, 0.717) is 19.6 Å². The van der Waals surface area contributed by atoms with Gasteiger partial charge in [-0.3, -0.25) is 9.59 Å². The number of carbonyl (C=O) groups excluding carboxylic acids is 2. The van der Waals surface area contributed by atoms with Crippen molar-refractivity contribution in [3.63, 3.8) is 0 Å². The largest absolute Gasteiger partial charge is 0.496 e. The Labute approximate surface area is 159 Å². The fourth-order valence-corrected chi connectivity index (χ4v) is 3.40. The molecule has 1 N–H and O–H groups in total. The van der Waals surface area contributed by atoms with Gasteiger partial charge in [-0.25, -0.2) is 4.98 Å². The minimum Gasteiger partial charge on any atom is -0.496 e. The quantitative estimate of drug-likeness (QED) is 0.771. The number of benzene rings is 1. The number of amides is 2. The van der Waals surface area contributed by atoms with Crippen molar-refractivity contribution in [1.82, 2.24) is 19.8 Å². The van der Waals surface area contributed by atoms with Crippen LogP contribution in [0.5, 0.6) is 5.75 Å². The van der Waals surface area contributed by atoms with Crippen LogP contribution < -0.4 is 10.1 Å². The first-order valence-corrected chi connectivity index (χ1v) is 9.29. The van der Waals surface area contributed by atoms with Crippen LogP contribution in [0.15, 0.2) is 36.7 Å². The molecule has 1 atom stereocenters. The maximum atomic E-state index is 12.5. The number of nitrogens with zero attached hydrogens (tertiary/aromatic N) is 3. The second-order valence-electron chi connectivity index (χ2n) is 6.74. The molecule has 1 aromatic carbocycles. The first-order chi connectivity index (χ1) is 13.1. The van der Waals surface area contributed by atoms with Gasteiger partial charge in [0.1, 0.15) is 11.6 Å². The maximum Gasteiger partial charge on any atom is 0.225 e. The lowest BCUT2D eigenvalue weighted by atomic mass is 10.1. The monoisotopic (exact) mass is 370 g/mol. The molecule has 2 heterocycles. The van der Waals surface area contributed by atoms with Gasteiger partial charge in [0.25, 0.3) is 0 Å².